The summed E-state index contributed by atoms with van der Waals surface area (Å²) in [5.74, 6) is 0.200. The molecule has 0 saturated carbocycles. The third kappa shape index (κ3) is 5.30. The van der Waals surface area contributed by atoms with Crippen LogP contribution in [0.1, 0.15) is 11.7 Å². The molecule has 1 aliphatic heterocycles. The van der Waals surface area contributed by atoms with Gasteiger partial charge in [-0.1, -0.05) is 46.3 Å². The van der Waals surface area contributed by atoms with E-state index in [1.807, 2.05) is 59.5 Å². The van der Waals surface area contributed by atoms with Crippen molar-refractivity contribution in [1.29, 1.82) is 0 Å². The first-order valence-corrected chi connectivity index (χ1v) is 9.59. The van der Waals surface area contributed by atoms with Gasteiger partial charge >= 0.3 is 0 Å². The van der Waals surface area contributed by atoms with Crippen LogP contribution in [0.4, 0.5) is 0 Å². The molecule has 0 bridgehead atoms. The molecular formula is C20H22BrN3O3. The largest absolute Gasteiger partial charge is 0.476 e. The lowest BCUT2D eigenvalue weighted by atomic mass is 10.1. The topological polar surface area (TPSA) is 75.9 Å². The molecule has 2 aromatic rings. The number of carbonyl (C=O) groups is 2. The Kier molecular flexibility index (Phi) is 6.47. The summed E-state index contributed by atoms with van der Waals surface area (Å²) in [7, 11) is 0. The van der Waals surface area contributed by atoms with Gasteiger partial charge < -0.3 is 15.4 Å². The molecule has 1 unspecified atom stereocenters. The number of piperazine rings is 1. The predicted octanol–water partition coefficient (Wildman–Crippen LogP) is 2.20. The van der Waals surface area contributed by atoms with Gasteiger partial charge in [-0.3, -0.25) is 14.5 Å². The molecule has 0 spiro atoms. The van der Waals surface area contributed by atoms with Crippen molar-refractivity contribution in [2.24, 2.45) is 5.73 Å². The van der Waals surface area contributed by atoms with Crippen LogP contribution < -0.4 is 10.5 Å². The summed E-state index contributed by atoms with van der Waals surface area (Å²) in [4.78, 5) is 28.0. The van der Waals surface area contributed by atoms with E-state index >= 15 is 0 Å². The second kappa shape index (κ2) is 9.01. The molecule has 2 aromatic carbocycles. The zero-order chi connectivity index (χ0) is 19.2. The minimum Gasteiger partial charge on any atom is -0.476 e. The number of halogens is 1. The summed E-state index contributed by atoms with van der Waals surface area (Å²) in [5.41, 5.74) is 6.06. The van der Waals surface area contributed by atoms with Gasteiger partial charge in [0.1, 0.15) is 5.75 Å². The Morgan fingerprint density at radius 1 is 1.00 bits per heavy atom. The second-order valence-corrected chi connectivity index (χ2v) is 7.35. The first kappa shape index (κ1) is 19.4. The van der Waals surface area contributed by atoms with Crippen molar-refractivity contribution in [2.75, 3.05) is 32.7 Å². The fourth-order valence-corrected chi connectivity index (χ4v) is 3.32. The van der Waals surface area contributed by atoms with Crippen LogP contribution in [0.25, 0.3) is 0 Å². The van der Waals surface area contributed by atoms with Gasteiger partial charge in [0.05, 0.1) is 6.54 Å². The van der Waals surface area contributed by atoms with Crippen LogP contribution in [0.15, 0.2) is 59.1 Å². The maximum atomic E-state index is 13.2. The molecule has 1 saturated heterocycles. The van der Waals surface area contributed by atoms with Crippen LogP contribution in [0, 0.1) is 0 Å². The van der Waals surface area contributed by atoms with Crippen molar-refractivity contribution in [1.82, 2.24) is 9.80 Å². The number of rotatable bonds is 6. The Labute approximate surface area is 167 Å². The molecule has 2 N–H and O–H groups in total. The minimum absolute atomic E-state index is 0.0807. The Balaban J connectivity index is 1.73. The van der Waals surface area contributed by atoms with Gasteiger partial charge in [-0.2, -0.15) is 0 Å². The van der Waals surface area contributed by atoms with Gasteiger partial charge in [0.25, 0.3) is 5.91 Å². The van der Waals surface area contributed by atoms with Crippen molar-refractivity contribution in [3.8, 4) is 5.75 Å². The summed E-state index contributed by atoms with van der Waals surface area (Å²) in [5, 5.41) is 0. The lowest BCUT2D eigenvalue weighted by Gasteiger charge is -2.35. The quantitative estimate of drug-likeness (QED) is 0.760. The summed E-state index contributed by atoms with van der Waals surface area (Å²) in [6.45, 7) is 2.54. The van der Waals surface area contributed by atoms with E-state index in [1.165, 1.54) is 0 Å². The first-order valence-electron chi connectivity index (χ1n) is 8.79. The van der Waals surface area contributed by atoms with Crippen LogP contribution in [0.3, 0.4) is 0 Å². The molecule has 1 atom stereocenters. The maximum Gasteiger partial charge on any atom is 0.268 e. The number of primary amides is 1. The monoisotopic (exact) mass is 431 g/mol. The first-order chi connectivity index (χ1) is 13.0. The number of hydrogen-bond donors (Lipinski definition) is 1. The fraction of sp³-hybridized carbons (Fsp3) is 0.300. The average Bonchev–Trinajstić information content (AvgIpc) is 2.68. The van der Waals surface area contributed by atoms with E-state index in [0.29, 0.717) is 31.9 Å². The Morgan fingerprint density at radius 2 is 1.63 bits per heavy atom. The van der Waals surface area contributed by atoms with Gasteiger partial charge in [0.2, 0.25) is 12.0 Å². The Hall–Kier alpha value is -2.38. The highest BCUT2D eigenvalue weighted by atomic mass is 79.9. The lowest BCUT2D eigenvalue weighted by Crippen LogP contribution is -2.52. The van der Waals surface area contributed by atoms with E-state index < -0.39 is 6.10 Å². The molecule has 0 aromatic heterocycles. The highest BCUT2D eigenvalue weighted by Crippen LogP contribution is 2.26. The molecule has 27 heavy (non-hydrogen) atoms. The van der Waals surface area contributed by atoms with Crippen LogP contribution in [-0.4, -0.2) is 54.3 Å². The summed E-state index contributed by atoms with van der Waals surface area (Å²) in [6.07, 6.45) is -0.713. The SMILES string of the molecule is NC(=O)CN1CCN(C(=O)C(Oc2ccc(Br)cc2)c2ccccc2)CC1. The number of nitrogens with zero attached hydrogens (tertiary/aromatic N) is 2. The van der Waals surface area contributed by atoms with E-state index in [2.05, 4.69) is 15.9 Å². The zero-order valence-electron chi connectivity index (χ0n) is 14.9. The number of carbonyl (C=O) groups excluding carboxylic acids is 2. The van der Waals surface area contributed by atoms with Crippen molar-refractivity contribution in [3.05, 3.63) is 64.6 Å². The fourth-order valence-electron chi connectivity index (χ4n) is 3.05. The zero-order valence-corrected chi connectivity index (χ0v) is 16.5. The normalized spacial score (nSPS) is 16.0. The smallest absolute Gasteiger partial charge is 0.268 e. The van der Waals surface area contributed by atoms with Gasteiger partial charge in [0, 0.05) is 36.2 Å². The van der Waals surface area contributed by atoms with Crippen molar-refractivity contribution in [3.63, 3.8) is 0 Å². The predicted molar refractivity (Wildman–Crippen MR) is 106 cm³/mol. The third-order valence-corrected chi connectivity index (χ3v) is 4.99. The van der Waals surface area contributed by atoms with Crippen molar-refractivity contribution in [2.45, 2.75) is 6.10 Å². The molecule has 1 heterocycles. The van der Waals surface area contributed by atoms with Crippen LogP contribution in [0.2, 0.25) is 0 Å². The summed E-state index contributed by atoms with van der Waals surface area (Å²) in [6, 6.07) is 16.9. The van der Waals surface area contributed by atoms with E-state index in [9.17, 15) is 9.59 Å². The van der Waals surface area contributed by atoms with Gasteiger partial charge in [0.15, 0.2) is 0 Å². The number of nitrogens with two attached hydrogens (primary N) is 1. The van der Waals surface area contributed by atoms with Crippen LogP contribution in [-0.2, 0) is 9.59 Å². The third-order valence-electron chi connectivity index (χ3n) is 4.46. The molecule has 2 amide bonds. The molecule has 0 aliphatic carbocycles. The van der Waals surface area contributed by atoms with Crippen molar-refractivity contribution >= 4 is 27.7 Å². The van der Waals surface area contributed by atoms with Gasteiger partial charge in [-0.25, -0.2) is 0 Å². The van der Waals surface area contributed by atoms with E-state index in [0.717, 1.165) is 10.0 Å². The molecule has 0 radical (unpaired) electrons. The van der Waals surface area contributed by atoms with Crippen LogP contribution in [0.5, 0.6) is 5.75 Å². The average molecular weight is 432 g/mol. The standard InChI is InChI=1S/C20H22BrN3O3/c21-16-6-8-17(9-7-16)27-19(15-4-2-1-3-5-15)20(26)24-12-10-23(11-13-24)14-18(22)25/h1-9,19H,10-14H2,(H2,22,25). The van der Waals surface area contributed by atoms with E-state index in [-0.39, 0.29) is 18.4 Å². The maximum absolute atomic E-state index is 13.2. The lowest BCUT2D eigenvalue weighted by molar-refractivity contribution is -0.141. The number of hydrogen-bond acceptors (Lipinski definition) is 4. The van der Waals surface area contributed by atoms with E-state index in [4.69, 9.17) is 10.5 Å². The molecule has 1 fully saturated rings. The van der Waals surface area contributed by atoms with Gasteiger partial charge in [-0.05, 0) is 24.3 Å². The molecular weight excluding hydrogens is 410 g/mol. The Bertz CT molecular complexity index is 775. The van der Waals surface area contributed by atoms with Gasteiger partial charge in [-0.15, -0.1) is 0 Å². The molecule has 142 valence electrons. The van der Waals surface area contributed by atoms with Crippen LogP contribution >= 0.6 is 15.9 Å². The highest BCUT2D eigenvalue weighted by Gasteiger charge is 2.30. The minimum atomic E-state index is -0.713. The summed E-state index contributed by atoms with van der Waals surface area (Å²) < 4.78 is 7.01. The molecule has 1 aliphatic rings. The molecule has 3 rings (SSSR count). The number of ether oxygens (including phenoxy) is 1. The Morgan fingerprint density at radius 3 is 2.22 bits per heavy atom. The second-order valence-electron chi connectivity index (χ2n) is 6.43. The molecule has 7 heteroatoms. The molecule has 6 nitrogen and oxygen atoms in total. The van der Waals surface area contributed by atoms with Crippen molar-refractivity contribution < 1.29 is 14.3 Å². The van der Waals surface area contributed by atoms with E-state index in [1.54, 1.807) is 4.90 Å². The summed E-state index contributed by atoms with van der Waals surface area (Å²) >= 11 is 3.40. The number of amides is 2. The highest BCUT2D eigenvalue weighted by molar-refractivity contribution is 9.10. The number of benzene rings is 2.